The summed E-state index contributed by atoms with van der Waals surface area (Å²) in [5, 5.41) is 17.1. The topological polar surface area (TPSA) is 149 Å². The molecule has 0 aliphatic heterocycles. The number of hydrogen-bond acceptors (Lipinski definition) is 8. The fraction of sp³-hybridized carbons (Fsp3) is 0.520. The molecule has 0 aromatic carbocycles. The van der Waals surface area contributed by atoms with Gasteiger partial charge in [-0.05, 0) is 57.9 Å². The number of methoxy groups -OCH3 is 1. The average molecular weight is 515 g/mol. The number of carbonyl (C=O) groups is 2. The first-order valence-electron chi connectivity index (χ1n) is 12.4. The fourth-order valence-electron chi connectivity index (χ4n) is 4.44. The molecule has 12 heteroatoms. The quantitative estimate of drug-likeness (QED) is 0.413. The number of rotatable bonds is 10. The van der Waals surface area contributed by atoms with Crippen LogP contribution in [0.4, 0.5) is 10.1 Å². The van der Waals surface area contributed by atoms with Gasteiger partial charge < -0.3 is 21.1 Å². The Bertz CT molecular complexity index is 1140. The number of ether oxygens (including phenoxy) is 1. The molecule has 2 aromatic rings. The predicted molar refractivity (Wildman–Crippen MR) is 138 cm³/mol. The zero-order valence-corrected chi connectivity index (χ0v) is 21.6. The SMILES string of the molecule is COc1nnccc1C(C)n1cc(NC(=O)C(NC(=O)C(/C=C\N)=NC(C)C)C2CCCCC2)c(F)n1. The zero-order valence-electron chi connectivity index (χ0n) is 21.6. The largest absolute Gasteiger partial charge is 0.480 e. The Balaban J connectivity index is 1.83. The Hall–Kier alpha value is -3.83. The Kier molecular flexibility index (Phi) is 9.70. The van der Waals surface area contributed by atoms with Crippen LogP contribution in [-0.4, -0.2) is 56.7 Å². The van der Waals surface area contributed by atoms with Crippen molar-refractivity contribution in [2.24, 2.45) is 16.6 Å². The number of nitrogens with zero attached hydrogens (tertiary/aromatic N) is 5. The Morgan fingerprint density at radius 3 is 2.65 bits per heavy atom. The Labute approximate surface area is 215 Å². The number of halogens is 1. The Morgan fingerprint density at radius 1 is 1.27 bits per heavy atom. The maximum absolute atomic E-state index is 14.8. The van der Waals surface area contributed by atoms with E-state index in [2.05, 4.69) is 30.9 Å². The van der Waals surface area contributed by atoms with Crippen LogP contribution in [0.25, 0.3) is 0 Å². The van der Waals surface area contributed by atoms with Gasteiger partial charge in [-0.25, -0.2) is 0 Å². The second kappa shape index (κ2) is 12.9. The van der Waals surface area contributed by atoms with E-state index in [1.54, 1.807) is 13.0 Å². The van der Waals surface area contributed by atoms with Crippen LogP contribution in [0.3, 0.4) is 0 Å². The minimum Gasteiger partial charge on any atom is -0.480 e. The molecule has 1 saturated carbocycles. The summed E-state index contributed by atoms with van der Waals surface area (Å²) in [7, 11) is 1.47. The van der Waals surface area contributed by atoms with Crippen LogP contribution < -0.4 is 21.1 Å². The summed E-state index contributed by atoms with van der Waals surface area (Å²) < 4.78 is 21.5. The molecule has 1 aliphatic rings. The van der Waals surface area contributed by atoms with Gasteiger partial charge in [-0.1, -0.05) is 19.3 Å². The normalized spacial score (nSPS) is 16.5. The first kappa shape index (κ1) is 27.8. The molecule has 2 aromatic heterocycles. The lowest BCUT2D eigenvalue weighted by Gasteiger charge is -2.30. The van der Waals surface area contributed by atoms with Gasteiger partial charge in [0.15, 0.2) is 0 Å². The van der Waals surface area contributed by atoms with E-state index in [1.165, 1.54) is 36.5 Å². The summed E-state index contributed by atoms with van der Waals surface area (Å²) in [6, 6.07) is 0.239. The number of amides is 2. The predicted octanol–water partition coefficient (Wildman–Crippen LogP) is 2.76. The lowest BCUT2D eigenvalue weighted by molar-refractivity contribution is -0.124. The molecule has 1 aliphatic carbocycles. The molecular formula is C25H35FN8O3. The van der Waals surface area contributed by atoms with Crippen LogP contribution in [0.15, 0.2) is 35.7 Å². The third-order valence-corrected chi connectivity index (χ3v) is 6.28. The number of anilines is 1. The van der Waals surface area contributed by atoms with Crippen LogP contribution in [-0.2, 0) is 9.59 Å². The highest BCUT2D eigenvalue weighted by atomic mass is 19.1. The van der Waals surface area contributed by atoms with Gasteiger partial charge in [0.05, 0.1) is 25.5 Å². The van der Waals surface area contributed by atoms with E-state index >= 15 is 0 Å². The maximum Gasteiger partial charge on any atom is 0.270 e. The van der Waals surface area contributed by atoms with Crippen molar-refractivity contribution in [1.82, 2.24) is 25.3 Å². The van der Waals surface area contributed by atoms with Crippen LogP contribution in [0.1, 0.15) is 64.5 Å². The summed E-state index contributed by atoms with van der Waals surface area (Å²) in [6.07, 6.45) is 10.1. The lowest BCUT2D eigenvalue weighted by Crippen LogP contribution is -2.50. The molecule has 0 saturated heterocycles. The van der Waals surface area contributed by atoms with E-state index in [1.807, 2.05) is 13.8 Å². The molecule has 11 nitrogen and oxygen atoms in total. The van der Waals surface area contributed by atoms with Crippen molar-refractivity contribution in [1.29, 1.82) is 0 Å². The van der Waals surface area contributed by atoms with Crippen molar-refractivity contribution in [3.63, 3.8) is 0 Å². The van der Waals surface area contributed by atoms with Crippen LogP contribution in [0.5, 0.6) is 5.88 Å². The number of carbonyl (C=O) groups excluding carboxylic acids is 2. The third kappa shape index (κ3) is 7.11. The molecule has 0 radical (unpaired) electrons. The van der Waals surface area contributed by atoms with Crippen molar-refractivity contribution in [3.8, 4) is 5.88 Å². The highest BCUT2D eigenvalue weighted by Gasteiger charge is 2.33. The second-order valence-corrected chi connectivity index (χ2v) is 9.29. The van der Waals surface area contributed by atoms with E-state index in [9.17, 15) is 14.0 Å². The van der Waals surface area contributed by atoms with Gasteiger partial charge in [0.1, 0.15) is 17.4 Å². The average Bonchev–Trinajstić information content (AvgIpc) is 3.26. The molecule has 2 amide bonds. The van der Waals surface area contributed by atoms with E-state index in [-0.39, 0.29) is 23.4 Å². The molecule has 1 fully saturated rings. The maximum atomic E-state index is 14.8. The van der Waals surface area contributed by atoms with Gasteiger partial charge in [-0.15, -0.1) is 10.2 Å². The molecular weight excluding hydrogens is 479 g/mol. The molecule has 37 heavy (non-hydrogen) atoms. The van der Waals surface area contributed by atoms with Gasteiger partial charge in [0, 0.05) is 11.6 Å². The summed E-state index contributed by atoms with van der Waals surface area (Å²) in [5.74, 6) is -1.67. The molecule has 200 valence electrons. The smallest absolute Gasteiger partial charge is 0.270 e. The highest BCUT2D eigenvalue weighted by Crippen LogP contribution is 2.29. The van der Waals surface area contributed by atoms with Crippen molar-refractivity contribution < 1.29 is 18.7 Å². The van der Waals surface area contributed by atoms with Crippen LogP contribution in [0.2, 0.25) is 0 Å². The highest BCUT2D eigenvalue weighted by molar-refractivity contribution is 6.43. The standard InChI is InChI=1S/C25H35FN8O3/c1-15(2)29-19(10-12-27)23(35)31-21(17-8-6-5-7-9-17)24(36)30-20-14-34(33-22(20)26)16(3)18-11-13-28-32-25(18)37-4/h10-17,21H,5-9,27H2,1-4H3,(H,30,36)(H,31,35)/b12-10-,29-19?. The minimum absolute atomic E-state index is 0.0918. The van der Waals surface area contributed by atoms with Gasteiger partial charge in [0.25, 0.3) is 11.9 Å². The van der Waals surface area contributed by atoms with Gasteiger partial charge in [-0.2, -0.15) is 9.49 Å². The van der Waals surface area contributed by atoms with Crippen molar-refractivity contribution in [3.05, 3.63) is 42.2 Å². The van der Waals surface area contributed by atoms with E-state index in [0.717, 1.165) is 32.1 Å². The first-order valence-corrected chi connectivity index (χ1v) is 12.4. The summed E-state index contributed by atoms with van der Waals surface area (Å²) >= 11 is 0. The van der Waals surface area contributed by atoms with Crippen molar-refractivity contribution in [2.45, 2.75) is 71.0 Å². The number of nitrogens with one attached hydrogen (secondary N) is 2. The minimum atomic E-state index is -0.874. The summed E-state index contributed by atoms with van der Waals surface area (Å²) in [6.45, 7) is 5.47. The molecule has 3 rings (SSSR count). The van der Waals surface area contributed by atoms with E-state index in [4.69, 9.17) is 10.5 Å². The monoisotopic (exact) mass is 514 g/mol. The number of aromatic nitrogens is 4. The molecule has 4 N–H and O–H groups in total. The number of nitrogens with two attached hydrogens (primary N) is 1. The van der Waals surface area contributed by atoms with Gasteiger partial charge in [0.2, 0.25) is 11.8 Å². The zero-order chi connectivity index (χ0) is 26.9. The lowest BCUT2D eigenvalue weighted by atomic mass is 9.83. The van der Waals surface area contributed by atoms with Crippen LogP contribution in [0, 0.1) is 11.9 Å². The first-order chi connectivity index (χ1) is 17.7. The molecule has 0 bridgehead atoms. The fourth-order valence-corrected chi connectivity index (χ4v) is 4.44. The third-order valence-electron chi connectivity index (χ3n) is 6.28. The molecule has 0 spiro atoms. The number of aliphatic imine (C=N–C) groups is 1. The molecule has 2 atom stereocenters. The summed E-state index contributed by atoms with van der Waals surface area (Å²) in [4.78, 5) is 30.7. The van der Waals surface area contributed by atoms with Crippen molar-refractivity contribution in [2.75, 3.05) is 12.4 Å². The van der Waals surface area contributed by atoms with Gasteiger partial charge >= 0.3 is 0 Å². The second-order valence-electron chi connectivity index (χ2n) is 9.29. The van der Waals surface area contributed by atoms with Crippen molar-refractivity contribution >= 4 is 23.2 Å². The van der Waals surface area contributed by atoms with E-state index < -0.39 is 29.8 Å². The van der Waals surface area contributed by atoms with Gasteiger partial charge in [-0.3, -0.25) is 19.3 Å². The molecule has 2 heterocycles. The summed E-state index contributed by atoms with van der Waals surface area (Å²) in [5.41, 5.74) is 6.18. The Morgan fingerprint density at radius 2 is 2.00 bits per heavy atom. The van der Waals surface area contributed by atoms with E-state index in [0.29, 0.717) is 11.4 Å². The number of hydrogen-bond donors (Lipinski definition) is 3. The molecule has 2 unspecified atom stereocenters. The van der Waals surface area contributed by atoms with Crippen LogP contribution >= 0.6 is 0 Å².